The highest BCUT2D eigenvalue weighted by molar-refractivity contribution is 7.98. The van der Waals surface area contributed by atoms with Crippen LogP contribution in [0.25, 0.3) is 0 Å². The van der Waals surface area contributed by atoms with Crippen LogP contribution >= 0.6 is 11.8 Å². The van der Waals surface area contributed by atoms with Crippen molar-refractivity contribution in [2.24, 2.45) is 0 Å². The highest BCUT2D eigenvalue weighted by atomic mass is 32.2. The molecule has 4 nitrogen and oxygen atoms in total. The molecule has 0 bridgehead atoms. The lowest BCUT2D eigenvalue weighted by atomic mass is 10.1. The van der Waals surface area contributed by atoms with Gasteiger partial charge >= 0.3 is 0 Å². The Morgan fingerprint density at radius 1 is 1.04 bits per heavy atom. The van der Waals surface area contributed by atoms with Crippen molar-refractivity contribution in [2.45, 2.75) is 18.2 Å². The predicted octanol–water partition coefficient (Wildman–Crippen LogP) is 3.48. The zero-order valence-electron chi connectivity index (χ0n) is 13.3. The molecule has 0 atom stereocenters. The Morgan fingerprint density at radius 2 is 1.74 bits per heavy atom. The molecule has 0 unspecified atom stereocenters. The van der Waals surface area contributed by atoms with E-state index in [2.05, 4.69) is 10.6 Å². The molecule has 2 aromatic carbocycles. The maximum Gasteiger partial charge on any atom is 0.251 e. The van der Waals surface area contributed by atoms with Gasteiger partial charge < -0.3 is 10.6 Å². The van der Waals surface area contributed by atoms with E-state index in [1.807, 2.05) is 55.6 Å². The van der Waals surface area contributed by atoms with Gasteiger partial charge in [-0.05, 0) is 49.1 Å². The molecule has 23 heavy (non-hydrogen) atoms. The van der Waals surface area contributed by atoms with Gasteiger partial charge in [0.05, 0.1) is 0 Å². The van der Waals surface area contributed by atoms with Crippen molar-refractivity contribution < 1.29 is 9.59 Å². The second-order valence-corrected chi connectivity index (χ2v) is 5.98. The minimum absolute atomic E-state index is 0.119. The summed E-state index contributed by atoms with van der Waals surface area (Å²) in [5.41, 5.74) is 2.32. The van der Waals surface area contributed by atoms with Crippen molar-refractivity contribution in [2.75, 3.05) is 18.1 Å². The first-order chi connectivity index (χ1) is 11.1. The number of aryl methyl sites for hydroxylation is 1. The Hall–Kier alpha value is -2.27. The first-order valence-corrected chi connectivity index (χ1v) is 8.60. The van der Waals surface area contributed by atoms with Crippen molar-refractivity contribution in [1.29, 1.82) is 0 Å². The van der Waals surface area contributed by atoms with Crippen molar-refractivity contribution >= 4 is 29.3 Å². The van der Waals surface area contributed by atoms with Crippen LogP contribution in [0.1, 0.15) is 22.3 Å². The molecule has 0 aliphatic rings. The number of carbonyl (C=O) groups excluding carboxylic acids is 2. The summed E-state index contributed by atoms with van der Waals surface area (Å²) in [7, 11) is 0. The maximum atomic E-state index is 12.0. The molecule has 2 amide bonds. The normalized spacial score (nSPS) is 10.2. The quantitative estimate of drug-likeness (QED) is 0.798. The fraction of sp³-hybridized carbons (Fsp3) is 0.222. The lowest BCUT2D eigenvalue weighted by Gasteiger charge is -2.08. The molecule has 0 aliphatic carbocycles. The summed E-state index contributed by atoms with van der Waals surface area (Å²) in [6, 6.07) is 15.0. The van der Waals surface area contributed by atoms with Crippen LogP contribution in [-0.4, -0.2) is 24.6 Å². The van der Waals surface area contributed by atoms with Crippen LogP contribution in [0.2, 0.25) is 0 Å². The number of carbonyl (C=O) groups is 2. The fourth-order valence-electron chi connectivity index (χ4n) is 2.11. The van der Waals surface area contributed by atoms with E-state index in [1.165, 1.54) is 0 Å². The fourth-order valence-corrected chi connectivity index (χ4v) is 2.52. The molecule has 0 spiro atoms. The van der Waals surface area contributed by atoms with Crippen LogP contribution in [0.3, 0.4) is 0 Å². The van der Waals surface area contributed by atoms with E-state index in [0.717, 1.165) is 16.1 Å². The minimum atomic E-state index is -0.153. The Labute approximate surface area is 140 Å². The number of hydrogen-bond acceptors (Lipinski definition) is 3. The van der Waals surface area contributed by atoms with Crippen molar-refractivity contribution in [1.82, 2.24) is 5.32 Å². The predicted molar refractivity (Wildman–Crippen MR) is 95.0 cm³/mol. The standard InChI is InChI=1S/C18H20N2O2S/c1-13-5-3-4-6-16(13)18(22)19-12-11-17(21)20-14-7-9-15(23-2)10-8-14/h3-10H,11-12H2,1-2H3,(H,19,22)(H,20,21). The molecule has 2 N–H and O–H groups in total. The van der Waals surface area contributed by atoms with Gasteiger partial charge in [0.1, 0.15) is 0 Å². The summed E-state index contributed by atoms with van der Waals surface area (Å²) in [4.78, 5) is 25.1. The molecule has 0 saturated carbocycles. The van der Waals surface area contributed by atoms with Crippen LogP contribution in [0, 0.1) is 6.92 Å². The van der Waals surface area contributed by atoms with Gasteiger partial charge in [-0.25, -0.2) is 0 Å². The molecule has 0 heterocycles. The van der Waals surface area contributed by atoms with E-state index in [1.54, 1.807) is 17.8 Å². The van der Waals surface area contributed by atoms with E-state index >= 15 is 0 Å². The summed E-state index contributed by atoms with van der Waals surface area (Å²) in [5.74, 6) is -0.271. The lowest BCUT2D eigenvalue weighted by Crippen LogP contribution is -2.28. The van der Waals surface area contributed by atoms with Gasteiger partial charge in [-0.3, -0.25) is 9.59 Å². The van der Waals surface area contributed by atoms with E-state index in [0.29, 0.717) is 12.1 Å². The zero-order chi connectivity index (χ0) is 16.7. The van der Waals surface area contributed by atoms with Crippen molar-refractivity contribution in [3.8, 4) is 0 Å². The van der Waals surface area contributed by atoms with Crippen LogP contribution in [-0.2, 0) is 4.79 Å². The van der Waals surface area contributed by atoms with Crippen LogP contribution in [0.5, 0.6) is 0 Å². The zero-order valence-corrected chi connectivity index (χ0v) is 14.1. The number of benzene rings is 2. The molecule has 0 saturated heterocycles. The molecule has 0 aliphatic heterocycles. The van der Waals surface area contributed by atoms with Gasteiger partial charge in [0.2, 0.25) is 5.91 Å². The van der Waals surface area contributed by atoms with Gasteiger partial charge in [-0.15, -0.1) is 11.8 Å². The number of rotatable bonds is 6. The highest BCUT2D eigenvalue weighted by Crippen LogP contribution is 2.17. The Morgan fingerprint density at radius 3 is 2.39 bits per heavy atom. The SMILES string of the molecule is CSc1ccc(NC(=O)CCNC(=O)c2ccccc2C)cc1. The summed E-state index contributed by atoms with van der Waals surface area (Å²) in [5, 5.41) is 5.59. The monoisotopic (exact) mass is 328 g/mol. The van der Waals surface area contributed by atoms with Crippen LogP contribution in [0.4, 0.5) is 5.69 Å². The average Bonchev–Trinajstić information content (AvgIpc) is 2.56. The van der Waals surface area contributed by atoms with E-state index in [4.69, 9.17) is 0 Å². The lowest BCUT2D eigenvalue weighted by molar-refractivity contribution is -0.116. The van der Waals surface area contributed by atoms with Gasteiger partial charge in [-0.2, -0.15) is 0 Å². The Balaban J connectivity index is 1.78. The molecular formula is C18H20N2O2S. The number of hydrogen-bond donors (Lipinski definition) is 2. The third kappa shape index (κ3) is 5.14. The number of amides is 2. The first kappa shape index (κ1) is 17.1. The molecule has 2 aromatic rings. The summed E-state index contributed by atoms with van der Waals surface area (Å²) < 4.78 is 0. The number of anilines is 1. The Kier molecular flexibility index (Phi) is 6.23. The minimum Gasteiger partial charge on any atom is -0.352 e. The van der Waals surface area contributed by atoms with Gasteiger partial charge in [-0.1, -0.05) is 18.2 Å². The highest BCUT2D eigenvalue weighted by Gasteiger charge is 2.08. The molecule has 0 aromatic heterocycles. The third-order valence-electron chi connectivity index (χ3n) is 3.40. The topological polar surface area (TPSA) is 58.2 Å². The van der Waals surface area contributed by atoms with Crippen LogP contribution < -0.4 is 10.6 Å². The van der Waals surface area contributed by atoms with Crippen molar-refractivity contribution in [3.63, 3.8) is 0 Å². The van der Waals surface area contributed by atoms with Gasteiger partial charge in [0, 0.05) is 29.1 Å². The van der Waals surface area contributed by atoms with Crippen molar-refractivity contribution in [3.05, 3.63) is 59.7 Å². The maximum absolute atomic E-state index is 12.0. The van der Waals surface area contributed by atoms with Crippen LogP contribution in [0.15, 0.2) is 53.4 Å². The first-order valence-electron chi connectivity index (χ1n) is 7.38. The Bertz CT molecular complexity index is 684. The molecule has 120 valence electrons. The van der Waals surface area contributed by atoms with E-state index in [-0.39, 0.29) is 18.2 Å². The number of nitrogens with one attached hydrogen (secondary N) is 2. The number of thioether (sulfide) groups is 1. The summed E-state index contributed by atoms with van der Waals surface area (Å²) in [6.45, 7) is 2.20. The molecule has 2 rings (SSSR count). The largest absolute Gasteiger partial charge is 0.352 e. The van der Waals surface area contributed by atoms with E-state index in [9.17, 15) is 9.59 Å². The van der Waals surface area contributed by atoms with Gasteiger partial charge in [0.15, 0.2) is 0 Å². The van der Waals surface area contributed by atoms with Gasteiger partial charge in [0.25, 0.3) is 5.91 Å². The molecular weight excluding hydrogens is 308 g/mol. The third-order valence-corrected chi connectivity index (χ3v) is 4.14. The second-order valence-electron chi connectivity index (χ2n) is 5.10. The molecule has 0 fully saturated rings. The summed E-state index contributed by atoms with van der Waals surface area (Å²) >= 11 is 1.65. The summed E-state index contributed by atoms with van der Waals surface area (Å²) in [6.07, 6.45) is 2.24. The second kappa shape index (κ2) is 8.39. The molecule has 5 heteroatoms. The smallest absolute Gasteiger partial charge is 0.251 e. The van der Waals surface area contributed by atoms with E-state index < -0.39 is 0 Å². The average molecular weight is 328 g/mol. The molecule has 0 radical (unpaired) electrons.